The van der Waals surface area contributed by atoms with Crippen molar-refractivity contribution >= 4 is 34.0 Å². The van der Waals surface area contributed by atoms with Gasteiger partial charge in [0.05, 0.1) is 5.69 Å². The first-order chi connectivity index (χ1) is 8.43. The molecule has 1 N–H and O–H groups in total. The molecule has 0 unspecified atom stereocenters. The Morgan fingerprint density at radius 3 is 2.22 bits per heavy atom. The van der Waals surface area contributed by atoms with E-state index >= 15 is 0 Å². The third-order valence-electron chi connectivity index (χ3n) is 3.42. The zero-order valence-corrected chi connectivity index (χ0v) is 10.5. The zero-order valence-electron chi connectivity index (χ0n) is 9.68. The third kappa shape index (κ3) is 1.41. The number of aromatic amines is 1. The molecule has 18 heavy (non-hydrogen) atoms. The second-order valence-electron chi connectivity index (χ2n) is 4.40. The van der Waals surface area contributed by atoms with E-state index in [1.54, 1.807) is 0 Å². The van der Waals surface area contributed by atoms with Gasteiger partial charge < -0.3 is 4.98 Å². The number of halogens is 1. The summed E-state index contributed by atoms with van der Waals surface area (Å²) in [6.45, 7) is 0. The maximum absolute atomic E-state index is 3.42. The highest BCUT2D eigenvalue weighted by Gasteiger charge is 2.12. The number of rotatable bonds is 0. The molecule has 4 rings (SSSR count). The largest absolute Gasteiger partial charge is 0.360 e. The van der Waals surface area contributed by atoms with Crippen molar-refractivity contribution < 1.29 is 0 Å². The van der Waals surface area contributed by atoms with Crippen molar-refractivity contribution in [3.63, 3.8) is 0 Å². The maximum Gasteiger partial charge on any atom is 0.0539 e. The number of H-pyrrole nitrogens is 1. The number of hydrogen-bond donors (Lipinski definition) is 1. The molecule has 1 heterocycles. The average molecular weight is 254 g/mol. The van der Waals surface area contributed by atoms with E-state index in [1.165, 1.54) is 32.8 Å². The monoisotopic (exact) mass is 253 g/mol. The number of nitrogens with one attached hydrogen (secondary N) is 1. The van der Waals surface area contributed by atoms with Gasteiger partial charge in [-0.1, -0.05) is 48.5 Å². The van der Waals surface area contributed by atoms with Gasteiger partial charge in [0.15, 0.2) is 0 Å². The smallest absolute Gasteiger partial charge is 0.0539 e. The first-order valence-electron chi connectivity index (χ1n) is 5.81. The van der Waals surface area contributed by atoms with Crippen molar-refractivity contribution in [2.45, 2.75) is 0 Å². The number of benzene rings is 2. The standard InChI is InChI=1S/C16H11N.ClH/c1-4-8-14-11(5-1)9-15-13-7-3-2-6-12(13)10-17-16(14)15;/h1-10,17H;1H. The van der Waals surface area contributed by atoms with Gasteiger partial charge in [-0.3, -0.25) is 0 Å². The van der Waals surface area contributed by atoms with Gasteiger partial charge in [-0.15, -0.1) is 12.4 Å². The van der Waals surface area contributed by atoms with Gasteiger partial charge in [-0.25, -0.2) is 0 Å². The molecule has 1 aliphatic carbocycles. The molecule has 2 heteroatoms. The van der Waals surface area contributed by atoms with Gasteiger partial charge in [-0.05, 0) is 22.2 Å². The van der Waals surface area contributed by atoms with E-state index in [0.29, 0.717) is 0 Å². The third-order valence-corrected chi connectivity index (χ3v) is 3.42. The van der Waals surface area contributed by atoms with Gasteiger partial charge in [0.25, 0.3) is 0 Å². The molecular weight excluding hydrogens is 242 g/mol. The molecule has 0 saturated carbocycles. The molecule has 0 saturated heterocycles. The van der Waals surface area contributed by atoms with E-state index in [-0.39, 0.29) is 12.4 Å². The number of pyridine rings is 1. The van der Waals surface area contributed by atoms with Crippen molar-refractivity contribution in [3.05, 3.63) is 60.8 Å². The molecule has 0 bridgehead atoms. The van der Waals surface area contributed by atoms with Crippen molar-refractivity contribution in [1.82, 2.24) is 4.98 Å². The Labute approximate surface area is 111 Å². The highest BCUT2D eigenvalue weighted by atomic mass is 35.5. The molecule has 0 amide bonds. The van der Waals surface area contributed by atoms with Crippen LogP contribution in [0.3, 0.4) is 0 Å². The molecule has 0 atom stereocenters. The fourth-order valence-electron chi connectivity index (χ4n) is 2.61. The lowest BCUT2D eigenvalue weighted by atomic mass is 10.1. The summed E-state index contributed by atoms with van der Waals surface area (Å²) >= 11 is 0. The van der Waals surface area contributed by atoms with Crippen LogP contribution in [0.25, 0.3) is 32.8 Å². The molecule has 2 aromatic carbocycles. The second-order valence-corrected chi connectivity index (χ2v) is 4.40. The van der Waals surface area contributed by atoms with E-state index < -0.39 is 0 Å². The lowest BCUT2D eigenvalue weighted by Gasteiger charge is -2.05. The summed E-state index contributed by atoms with van der Waals surface area (Å²) in [4.78, 5) is 3.42. The van der Waals surface area contributed by atoms with Crippen LogP contribution in [0.2, 0.25) is 0 Å². The normalized spacial score (nSPS) is 10.9. The molecule has 0 aromatic heterocycles. The Hall–Kier alpha value is -1.99. The van der Waals surface area contributed by atoms with Crippen LogP contribution in [0.15, 0.2) is 60.8 Å². The van der Waals surface area contributed by atoms with E-state index in [2.05, 4.69) is 65.8 Å². The fraction of sp³-hybridized carbons (Fsp3) is 0. The topological polar surface area (TPSA) is 15.8 Å². The minimum absolute atomic E-state index is 0. The number of aromatic nitrogens is 1. The van der Waals surface area contributed by atoms with Crippen LogP contribution >= 0.6 is 12.4 Å². The molecular formula is C16H12ClN. The molecule has 0 fully saturated rings. The summed E-state index contributed by atoms with van der Waals surface area (Å²) in [5.74, 6) is 0. The van der Waals surface area contributed by atoms with E-state index in [0.717, 1.165) is 0 Å². The van der Waals surface area contributed by atoms with E-state index in [4.69, 9.17) is 0 Å². The Morgan fingerprint density at radius 2 is 1.39 bits per heavy atom. The van der Waals surface area contributed by atoms with Crippen LogP contribution < -0.4 is 0 Å². The average Bonchev–Trinajstić information content (AvgIpc) is 2.78. The minimum Gasteiger partial charge on any atom is -0.360 e. The van der Waals surface area contributed by atoms with Crippen LogP contribution in [-0.4, -0.2) is 4.98 Å². The maximum atomic E-state index is 3.42. The Bertz CT molecular complexity index is 800. The Morgan fingerprint density at radius 1 is 0.722 bits per heavy atom. The summed E-state index contributed by atoms with van der Waals surface area (Å²) in [6.07, 6.45) is 2.09. The van der Waals surface area contributed by atoms with Gasteiger partial charge in [-0.2, -0.15) is 0 Å². The Balaban J connectivity index is 0.000001000. The minimum atomic E-state index is 0. The lowest BCUT2D eigenvalue weighted by Crippen LogP contribution is -1.83. The summed E-state index contributed by atoms with van der Waals surface area (Å²) in [6, 6.07) is 19.3. The summed E-state index contributed by atoms with van der Waals surface area (Å²) < 4.78 is 0. The van der Waals surface area contributed by atoms with Crippen LogP contribution in [0.1, 0.15) is 0 Å². The number of fused-ring (bicyclic) bond motifs is 5. The van der Waals surface area contributed by atoms with Crippen molar-refractivity contribution in [1.29, 1.82) is 0 Å². The van der Waals surface area contributed by atoms with Crippen molar-refractivity contribution in [2.75, 3.05) is 0 Å². The summed E-state index contributed by atoms with van der Waals surface area (Å²) in [5.41, 5.74) is 2.55. The first kappa shape index (κ1) is 11.1. The van der Waals surface area contributed by atoms with Crippen LogP contribution in [0.4, 0.5) is 0 Å². The molecule has 0 spiro atoms. The second kappa shape index (κ2) is 4.04. The number of hydrogen-bond acceptors (Lipinski definition) is 0. The van der Waals surface area contributed by atoms with Crippen LogP contribution in [0.5, 0.6) is 0 Å². The Kier molecular flexibility index (Phi) is 2.49. The van der Waals surface area contributed by atoms with Gasteiger partial charge >= 0.3 is 0 Å². The molecule has 2 aliphatic rings. The quantitative estimate of drug-likeness (QED) is 0.461. The van der Waals surface area contributed by atoms with Gasteiger partial charge in [0.2, 0.25) is 0 Å². The highest BCUT2D eigenvalue weighted by molar-refractivity contribution is 6.09. The molecule has 88 valence electrons. The van der Waals surface area contributed by atoms with E-state index in [9.17, 15) is 0 Å². The summed E-state index contributed by atoms with van der Waals surface area (Å²) in [7, 11) is 0. The van der Waals surface area contributed by atoms with Crippen LogP contribution in [0, 0.1) is 0 Å². The predicted octanol–water partition coefficient (Wildman–Crippen LogP) is 4.85. The molecule has 0 radical (unpaired) electrons. The molecule has 1 nitrogen and oxygen atoms in total. The molecule has 1 aliphatic heterocycles. The van der Waals surface area contributed by atoms with Gasteiger partial charge in [0, 0.05) is 17.1 Å². The van der Waals surface area contributed by atoms with Crippen molar-refractivity contribution in [3.8, 4) is 11.3 Å². The zero-order chi connectivity index (χ0) is 11.2. The summed E-state index contributed by atoms with van der Waals surface area (Å²) in [5, 5.41) is 5.18. The first-order valence-corrected chi connectivity index (χ1v) is 5.81. The lowest BCUT2D eigenvalue weighted by molar-refractivity contribution is 1.39. The predicted molar refractivity (Wildman–Crippen MR) is 79.7 cm³/mol. The SMILES string of the molecule is Cl.c1ccc2c3cc4ccccc4c-3[nH]cc2c1. The highest BCUT2D eigenvalue weighted by Crippen LogP contribution is 2.36. The molecule has 2 aromatic rings. The van der Waals surface area contributed by atoms with E-state index in [1.807, 2.05) is 0 Å². The van der Waals surface area contributed by atoms with Gasteiger partial charge in [0.1, 0.15) is 0 Å². The van der Waals surface area contributed by atoms with Crippen LogP contribution in [-0.2, 0) is 0 Å². The van der Waals surface area contributed by atoms with Crippen molar-refractivity contribution in [2.24, 2.45) is 0 Å². The fourth-order valence-corrected chi connectivity index (χ4v) is 2.61.